The van der Waals surface area contributed by atoms with Crippen LogP contribution in [0, 0.1) is 5.92 Å². The second-order valence-electron chi connectivity index (χ2n) is 8.51. The Bertz CT molecular complexity index is 600. The minimum Gasteiger partial charge on any atom is -0.357 e. The number of aryl methyl sites for hydroxylation is 2. The standard InChI is InChI=1S/C22H40N6/c1-3-9-18-12-14-19(15-13-18)25-22(23-4-2)24-16-8-11-21-27-26-20-10-6-5-7-17-28(20)21/h18-19H,3-17H2,1-2H3,(H2,23,24,25). The molecule has 1 aliphatic heterocycles. The second kappa shape index (κ2) is 11.4. The van der Waals surface area contributed by atoms with Crippen molar-refractivity contribution < 1.29 is 0 Å². The first-order chi connectivity index (χ1) is 13.8. The molecular weight excluding hydrogens is 348 g/mol. The number of nitrogens with one attached hydrogen (secondary N) is 2. The molecule has 1 fully saturated rings. The third kappa shape index (κ3) is 6.21. The maximum absolute atomic E-state index is 4.83. The zero-order chi connectivity index (χ0) is 19.6. The van der Waals surface area contributed by atoms with Crippen molar-refractivity contribution in [2.24, 2.45) is 10.9 Å². The number of aromatic nitrogens is 3. The lowest BCUT2D eigenvalue weighted by Gasteiger charge is -2.30. The molecule has 0 spiro atoms. The Morgan fingerprint density at radius 3 is 2.75 bits per heavy atom. The predicted octanol–water partition coefficient (Wildman–Crippen LogP) is 3.85. The Hall–Kier alpha value is -1.59. The summed E-state index contributed by atoms with van der Waals surface area (Å²) in [5.41, 5.74) is 0. The van der Waals surface area contributed by atoms with Crippen LogP contribution < -0.4 is 10.6 Å². The van der Waals surface area contributed by atoms with E-state index in [9.17, 15) is 0 Å². The fourth-order valence-corrected chi connectivity index (χ4v) is 4.68. The first kappa shape index (κ1) is 21.1. The fourth-order valence-electron chi connectivity index (χ4n) is 4.68. The van der Waals surface area contributed by atoms with E-state index in [0.717, 1.165) is 56.6 Å². The highest BCUT2D eigenvalue weighted by Gasteiger charge is 2.21. The molecule has 28 heavy (non-hydrogen) atoms. The third-order valence-electron chi connectivity index (χ3n) is 6.24. The highest BCUT2D eigenvalue weighted by Crippen LogP contribution is 2.27. The van der Waals surface area contributed by atoms with Crippen LogP contribution in [0.15, 0.2) is 4.99 Å². The van der Waals surface area contributed by atoms with Crippen LogP contribution in [0.25, 0.3) is 0 Å². The molecule has 0 radical (unpaired) electrons. The van der Waals surface area contributed by atoms with Crippen LogP contribution >= 0.6 is 0 Å². The lowest BCUT2D eigenvalue weighted by atomic mass is 9.83. The smallest absolute Gasteiger partial charge is 0.191 e. The summed E-state index contributed by atoms with van der Waals surface area (Å²) in [4.78, 5) is 4.83. The molecule has 158 valence electrons. The SMILES string of the molecule is CCCC1CCC(NC(=NCCCc2nnc3n2CCCCC3)NCC)CC1. The fraction of sp³-hybridized carbons (Fsp3) is 0.864. The number of fused-ring (bicyclic) bond motifs is 1. The second-order valence-corrected chi connectivity index (χ2v) is 8.51. The van der Waals surface area contributed by atoms with Crippen LogP contribution in [0.5, 0.6) is 0 Å². The first-order valence-electron chi connectivity index (χ1n) is 11.8. The van der Waals surface area contributed by atoms with Gasteiger partial charge in [-0.1, -0.05) is 26.2 Å². The molecule has 1 saturated carbocycles. The molecule has 0 unspecified atom stereocenters. The predicted molar refractivity (Wildman–Crippen MR) is 116 cm³/mol. The van der Waals surface area contributed by atoms with Gasteiger partial charge in [-0.3, -0.25) is 4.99 Å². The van der Waals surface area contributed by atoms with E-state index in [0.29, 0.717) is 6.04 Å². The Labute approximate surface area is 171 Å². The molecule has 0 saturated heterocycles. The molecule has 2 heterocycles. The number of aliphatic imine (C=N–C) groups is 1. The van der Waals surface area contributed by atoms with Crippen molar-refractivity contribution in [3.05, 3.63) is 11.6 Å². The molecule has 2 N–H and O–H groups in total. The van der Waals surface area contributed by atoms with E-state index in [4.69, 9.17) is 4.99 Å². The molecule has 1 aromatic rings. The maximum atomic E-state index is 4.83. The number of guanidine groups is 1. The minimum absolute atomic E-state index is 0.582. The van der Waals surface area contributed by atoms with Gasteiger partial charge in [0.1, 0.15) is 11.6 Å². The first-order valence-corrected chi connectivity index (χ1v) is 11.8. The Morgan fingerprint density at radius 1 is 1.11 bits per heavy atom. The molecule has 0 bridgehead atoms. The molecule has 0 amide bonds. The van der Waals surface area contributed by atoms with Crippen LogP contribution in [0.3, 0.4) is 0 Å². The van der Waals surface area contributed by atoms with Crippen molar-refractivity contribution in [1.29, 1.82) is 0 Å². The topological polar surface area (TPSA) is 67.1 Å². The van der Waals surface area contributed by atoms with E-state index in [1.54, 1.807) is 0 Å². The highest BCUT2D eigenvalue weighted by molar-refractivity contribution is 5.80. The monoisotopic (exact) mass is 388 g/mol. The van der Waals surface area contributed by atoms with E-state index in [1.165, 1.54) is 63.6 Å². The molecule has 0 aromatic carbocycles. The molecular formula is C22H40N6. The molecule has 2 aliphatic rings. The molecule has 1 aliphatic carbocycles. The molecule has 0 atom stereocenters. The number of hydrogen-bond acceptors (Lipinski definition) is 3. The Balaban J connectivity index is 1.44. The Morgan fingerprint density at radius 2 is 1.96 bits per heavy atom. The van der Waals surface area contributed by atoms with Gasteiger partial charge >= 0.3 is 0 Å². The number of rotatable bonds is 8. The van der Waals surface area contributed by atoms with Crippen LogP contribution in [0.4, 0.5) is 0 Å². The van der Waals surface area contributed by atoms with Crippen molar-refractivity contribution in [3.8, 4) is 0 Å². The van der Waals surface area contributed by atoms with E-state index in [2.05, 4.69) is 39.2 Å². The zero-order valence-electron chi connectivity index (χ0n) is 18.1. The van der Waals surface area contributed by atoms with Crippen molar-refractivity contribution >= 4 is 5.96 Å². The summed E-state index contributed by atoms with van der Waals surface area (Å²) < 4.78 is 2.36. The van der Waals surface area contributed by atoms with Gasteiger partial charge in [0.2, 0.25) is 0 Å². The number of nitrogens with zero attached hydrogens (tertiary/aromatic N) is 4. The maximum Gasteiger partial charge on any atom is 0.191 e. The van der Waals surface area contributed by atoms with E-state index in [-0.39, 0.29) is 0 Å². The van der Waals surface area contributed by atoms with Gasteiger partial charge in [0, 0.05) is 38.5 Å². The summed E-state index contributed by atoms with van der Waals surface area (Å²) >= 11 is 0. The minimum atomic E-state index is 0.582. The average Bonchev–Trinajstić information content (AvgIpc) is 2.93. The van der Waals surface area contributed by atoms with Crippen molar-refractivity contribution in [2.75, 3.05) is 13.1 Å². The van der Waals surface area contributed by atoms with Crippen LogP contribution in [0.2, 0.25) is 0 Å². The molecule has 1 aromatic heterocycles. The van der Waals surface area contributed by atoms with Crippen LogP contribution in [-0.2, 0) is 19.4 Å². The van der Waals surface area contributed by atoms with Crippen molar-refractivity contribution in [3.63, 3.8) is 0 Å². The van der Waals surface area contributed by atoms with E-state index < -0.39 is 0 Å². The molecule has 6 heteroatoms. The van der Waals surface area contributed by atoms with Gasteiger partial charge in [0.05, 0.1) is 0 Å². The van der Waals surface area contributed by atoms with E-state index >= 15 is 0 Å². The zero-order valence-corrected chi connectivity index (χ0v) is 18.1. The molecule has 6 nitrogen and oxygen atoms in total. The Kier molecular flexibility index (Phi) is 8.62. The summed E-state index contributed by atoms with van der Waals surface area (Å²) in [6.07, 6.45) is 14.9. The summed E-state index contributed by atoms with van der Waals surface area (Å²) in [6.45, 7) is 7.28. The van der Waals surface area contributed by atoms with Gasteiger partial charge in [0.25, 0.3) is 0 Å². The lowest BCUT2D eigenvalue weighted by Crippen LogP contribution is -2.45. The normalized spacial score (nSPS) is 23.1. The van der Waals surface area contributed by atoms with Gasteiger partial charge in [-0.15, -0.1) is 10.2 Å². The van der Waals surface area contributed by atoms with Gasteiger partial charge in [-0.2, -0.15) is 0 Å². The summed E-state index contributed by atoms with van der Waals surface area (Å²) in [5.74, 6) is 4.27. The highest BCUT2D eigenvalue weighted by atomic mass is 15.3. The van der Waals surface area contributed by atoms with Gasteiger partial charge in [-0.25, -0.2) is 0 Å². The summed E-state index contributed by atoms with van der Waals surface area (Å²) in [6, 6.07) is 0.582. The summed E-state index contributed by atoms with van der Waals surface area (Å²) in [5, 5.41) is 16.0. The number of hydrogen-bond donors (Lipinski definition) is 2. The van der Waals surface area contributed by atoms with Gasteiger partial charge in [-0.05, 0) is 57.8 Å². The quantitative estimate of drug-likeness (QED) is 0.403. The van der Waals surface area contributed by atoms with Gasteiger partial charge in [0.15, 0.2) is 5.96 Å². The largest absolute Gasteiger partial charge is 0.357 e. The van der Waals surface area contributed by atoms with Gasteiger partial charge < -0.3 is 15.2 Å². The summed E-state index contributed by atoms with van der Waals surface area (Å²) in [7, 11) is 0. The van der Waals surface area contributed by atoms with Crippen molar-refractivity contribution in [2.45, 2.75) is 103 Å². The van der Waals surface area contributed by atoms with Crippen LogP contribution in [0.1, 0.15) is 89.7 Å². The van der Waals surface area contributed by atoms with Crippen molar-refractivity contribution in [1.82, 2.24) is 25.4 Å². The molecule has 3 rings (SSSR count). The average molecular weight is 389 g/mol. The van der Waals surface area contributed by atoms with Crippen LogP contribution in [-0.4, -0.2) is 39.9 Å². The lowest BCUT2D eigenvalue weighted by molar-refractivity contribution is 0.295. The van der Waals surface area contributed by atoms with E-state index in [1.807, 2.05) is 0 Å². The third-order valence-corrected chi connectivity index (χ3v) is 6.24.